The Hall–Kier alpha value is -2.56. The fraction of sp³-hybridized carbons (Fsp3) is 0.800. The maximum absolute atomic E-state index is 12.9. The summed E-state index contributed by atoms with van der Waals surface area (Å²) in [5.74, 6) is -4.53. The molecule has 0 aromatic rings. The summed E-state index contributed by atoms with van der Waals surface area (Å²) in [6.45, 7) is -3.40. The van der Waals surface area contributed by atoms with Crippen molar-refractivity contribution in [2.24, 2.45) is 5.92 Å². The summed E-state index contributed by atoms with van der Waals surface area (Å²) in [5, 5.41) is 15.6. The maximum atomic E-state index is 12.9. The third kappa shape index (κ3) is 12.9. The predicted octanol–water partition coefficient (Wildman–Crippen LogP) is -0.618. The number of nitrogens with zero attached hydrogens (tertiary/aromatic N) is 1. The molecule has 0 bridgehead atoms. The van der Waals surface area contributed by atoms with Crippen LogP contribution >= 0.6 is 0 Å². The second-order valence-corrected chi connectivity index (χ2v) is 8.29. The van der Waals surface area contributed by atoms with Crippen LogP contribution in [0.3, 0.4) is 0 Å². The number of morpholine rings is 1. The van der Waals surface area contributed by atoms with Gasteiger partial charge in [-0.25, -0.2) is 4.79 Å². The fourth-order valence-corrected chi connectivity index (χ4v) is 3.15. The van der Waals surface area contributed by atoms with Crippen molar-refractivity contribution in [3.8, 4) is 0 Å². The highest BCUT2D eigenvalue weighted by atomic mass is 19.3. The maximum Gasteiger partial charge on any atom is 0.345 e. The summed E-state index contributed by atoms with van der Waals surface area (Å²) in [4.78, 5) is 50.9. The molecular weight excluding hydrogens is 500 g/mol. The van der Waals surface area contributed by atoms with E-state index in [-0.39, 0.29) is 18.9 Å². The van der Waals surface area contributed by atoms with E-state index < -0.39 is 68.3 Å². The van der Waals surface area contributed by atoms with Gasteiger partial charge in [-0.3, -0.25) is 19.3 Å². The molecule has 16 heteroatoms. The molecule has 1 heterocycles. The molecule has 0 aromatic carbocycles. The van der Waals surface area contributed by atoms with Crippen LogP contribution in [0.4, 0.5) is 17.6 Å². The van der Waals surface area contributed by atoms with Crippen LogP contribution in [0.1, 0.15) is 20.3 Å². The third-order valence-electron chi connectivity index (χ3n) is 4.86. The first-order valence-electron chi connectivity index (χ1n) is 11.1. The van der Waals surface area contributed by atoms with Crippen LogP contribution in [-0.2, 0) is 33.4 Å². The minimum Gasteiger partial charge on any atom is -0.480 e. The quantitative estimate of drug-likeness (QED) is 0.190. The van der Waals surface area contributed by atoms with E-state index >= 15 is 0 Å². The van der Waals surface area contributed by atoms with Gasteiger partial charge in [0.25, 0.3) is 0 Å². The molecular formula is C20H32F4N4O8. The molecule has 1 aliphatic heterocycles. The van der Waals surface area contributed by atoms with E-state index in [2.05, 4.69) is 20.1 Å². The van der Waals surface area contributed by atoms with Gasteiger partial charge < -0.3 is 35.3 Å². The van der Waals surface area contributed by atoms with Crippen LogP contribution < -0.4 is 16.0 Å². The minimum atomic E-state index is -3.32. The number of amides is 3. The largest absolute Gasteiger partial charge is 0.480 e. The Balaban J connectivity index is 2.89. The molecule has 1 saturated heterocycles. The predicted molar refractivity (Wildman–Crippen MR) is 114 cm³/mol. The lowest BCUT2D eigenvalue weighted by Gasteiger charge is -2.28. The van der Waals surface area contributed by atoms with Gasteiger partial charge in [-0.2, -0.15) is 17.6 Å². The Labute approximate surface area is 205 Å². The third-order valence-corrected chi connectivity index (χ3v) is 4.86. The smallest absolute Gasteiger partial charge is 0.345 e. The van der Waals surface area contributed by atoms with Crippen molar-refractivity contribution in [2.75, 3.05) is 46.1 Å². The van der Waals surface area contributed by atoms with Crippen molar-refractivity contribution in [1.29, 1.82) is 0 Å². The molecule has 1 fully saturated rings. The topological polar surface area (TPSA) is 156 Å². The van der Waals surface area contributed by atoms with Crippen molar-refractivity contribution in [3.63, 3.8) is 0 Å². The number of alkyl halides is 4. The van der Waals surface area contributed by atoms with Gasteiger partial charge in [0.2, 0.25) is 17.7 Å². The zero-order valence-corrected chi connectivity index (χ0v) is 19.9. The van der Waals surface area contributed by atoms with Crippen LogP contribution in [-0.4, -0.2) is 111 Å². The molecule has 3 atom stereocenters. The molecule has 12 nitrogen and oxygen atoms in total. The Morgan fingerprint density at radius 2 is 1.36 bits per heavy atom. The highest BCUT2D eigenvalue weighted by Crippen LogP contribution is 2.07. The second kappa shape index (κ2) is 16.2. The number of carbonyl (C=O) groups is 4. The molecule has 0 aromatic heterocycles. The number of ether oxygens (including phenoxy) is 3. The molecule has 0 aliphatic carbocycles. The SMILES string of the molecule is CC(C)C[C@H](NC(=O)CN1CCOCC1)C(=O)N[C@@H](COC(F)F)C(=O)N[C@@H](COC(F)F)C(=O)O. The van der Waals surface area contributed by atoms with Gasteiger partial charge in [0, 0.05) is 13.1 Å². The fourth-order valence-electron chi connectivity index (χ4n) is 3.15. The zero-order valence-electron chi connectivity index (χ0n) is 19.9. The van der Waals surface area contributed by atoms with Gasteiger partial charge in [-0.1, -0.05) is 13.8 Å². The van der Waals surface area contributed by atoms with E-state index in [0.717, 1.165) is 0 Å². The second-order valence-electron chi connectivity index (χ2n) is 8.29. The first-order chi connectivity index (χ1) is 16.9. The summed E-state index contributed by atoms with van der Waals surface area (Å²) in [7, 11) is 0. The van der Waals surface area contributed by atoms with Crippen LogP contribution in [0.2, 0.25) is 0 Å². The number of halogens is 4. The molecule has 3 amide bonds. The average molecular weight is 532 g/mol. The molecule has 1 rings (SSSR count). The van der Waals surface area contributed by atoms with Gasteiger partial charge >= 0.3 is 19.2 Å². The van der Waals surface area contributed by atoms with E-state index in [9.17, 15) is 36.7 Å². The minimum absolute atomic E-state index is 0.0198. The lowest BCUT2D eigenvalue weighted by molar-refractivity contribution is -0.159. The van der Waals surface area contributed by atoms with E-state index in [4.69, 9.17) is 9.84 Å². The summed E-state index contributed by atoms with van der Waals surface area (Å²) in [6.07, 6.45) is 0.130. The average Bonchev–Trinajstić information content (AvgIpc) is 2.78. The Bertz CT molecular complexity index is 726. The number of carbonyl (C=O) groups excluding carboxylic acids is 3. The zero-order chi connectivity index (χ0) is 27.3. The Morgan fingerprint density at radius 1 is 0.861 bits per heavy atom. The Morgan fingerprint density at radius 3 is 1.86 bits per heavy atom. The van der Waals surface area contributed by atoms with Crippen molar-refractivity contribution in [1.82, 2.24) is 20.9 Å². The lowest BCUT2D eigenvalue weighted by atomic mass is 10.0. The lowest BCUT2D eigenvalue weighted by Crippen LogP contribution is -2.58. The first kappa shape index (κ1) is 31.5. The summed E-state index contributed by atoms with van der Waals surface area (Å²) in [5.41, 5.74) is 0. The number of rotatable bonds is 16. The van der Waals surface area contributed by atoms with Crippen LogP contribution in [0.5, 0.6) is 0 Å². The molecule has 1 aliphatic rings. The van der Waals surface area contributed by atoms with Crippen molar-refractivity contribution in [3.05, 3.63) is 0 Å². The molecule has 0 unspecified atom stereocenters. The van der Waals surface area contributed by atoms with Crippen LogP contribution in [0, 0.1) is 5.92 Å². The molecule has 208 valence electrons. The van der Waals surface area contributed by atoms with Gasteiger partial charge in [0.1, 0.15) is 12.1 Å². The van der Waals surface area contributed by atoms with Crippen molar-refractivity contribution < 1.29 is 56.1 Å². The first-order valence-corrected chi connectivity index (χ1v) is 11.1. The normalized spacial score (nSPS) is 17.0. The van der Waals surface area contributed by atoms with E-state index in [1.165, 1.54) is 0 Å². The molecule has 36 heavy (non-hydrogen) atoms. The number of hydrogen-bond acceptors (Lipinski definition) is 8. The van der Waals surface area contributed by atoms with Crippen molar-refractivity contribution in [2.45, 2.75) is 51.6 Å². The molecule has 0 spiro atoms. The number of carboxylic acids is 1. The molecule has 4 N–H and O–H groups in total. The number of nitrogens with one attached hydrogen (secondary N) is 3. The number of aliphatic carboxylic acids is 1. The van der Waals surface area contributed by atoms with E-state index in [1.54, 1.807) is 13.8 Å². The standard InChI is InChI=1S/C20H32F4N4O8/c1-11(2)7-12(25-15(29)8-28-3-5-34-6-4-28)16(30)26-13(9-35-19(21)22)17(31)27-14(18(32)33)10-36-20(23)24/h11-14,19-20H,3-10H2,1-2H3,(H,25,29)(H,26,30)(H,27,31)(H,32,33)/t12-,13-,14-/m0/s1. The summed E-state index contributed by atoms with van der Waals surface area (Å²) >= 11 is 0. The number of hydrogen-bond donors (Lipinski definition) is 4. The van der Waals surface area contributed by atoms with Gasteiger partial charge in [0.15, 0.2) is 6.04 Å². The molecule has 0 radical (unpaired) electrons. The van der Waals surface area contributed by atoms with Gasteiger partial charge in [-0.15, -0.1) is 0 Å². The van der Waals surface area contributed by atoms with E-state index in [0.29, 0.717) is 26.3 Å². The van der Waals surface area contributed by atoms with Gasteiger partial charge in [-0.05, 0) is 12.3 Å². The van der Waals surface area contributed by atoms with E-state index in [1.807, 2.05) is 10.2 Å². The molecule has 0 saturated carbocycles. The van der Waals surface area contributed by atoms with Gasteiger partial charge in [0.05, 0.1) is 33.0 Å². The monoisotopic (exact) mass is 532 g/mol. The Kier molecular flexibility index (Phi) is 14.2. The van der Waals surface area contributed by atoms with Crippen LogP contribution in [0.15, 0.2) is 0 Å². The number of carboxylic acid groups (broad SMARTS) is 1. The highest BCUT2D eigenvalue weighted by molar-refractivity contribution is 5.93. The summed E-state index contributed by atoms with van der Waals surface area (Å²) in [6, 6.07) is -4.94. The van der Waals surface area contributed by atoms with Crippen molar-refractivity contribution >= 4 is 23.7 Å². The highest BCUT2D eigenvalue weighted by Gasteiger charge is 2.31. The van der Waals surface area contributed by atoms with Crippen LogP contribution in [0.25, 0.3) is 0 Å². The summed E-state index contributed by atoms with van der Waals surface area (Å²) < 4.78 is 62.9.